The average molecular weight is 149 g/mol. The standard InChI is InChI=1S/C10H13O/c1-3-8(2)9-4-6-10(11)7-5-9/h4-8H,3H2,1-2H3. The zero-order chi connectivity index (χ0) is 8.27. The molecule has 1 nitrogen and oxygen atoms in total. The highest BCUT2D eigenvalue weighted by molar-refractivity contribution is 5.27. The highest BCUT2D eigenvalue weighted by atomic mass is 16.3. The van der Waals surface area contributed by atoms with Crippen molar-refractivity contribution in [2.45, 2.75) is 26.2 Å². The van der Waals surface area contributed by atoms with Gasteiger partial charge in [-0.1, -0.05) is 26.0 Å². The Bertz CT molecular complexity index is 213. The lowest BCUT2D eigenvalue weighted by Crippen LogP contribution is -1.89. The summed E-state index contributed by atoms with van der Waals surface area (Å²) in [4.78, 5) is 0. The Morgan fingerprint density at radius 3 is 2.27 bits per heavy atom. The topological polar surface area (TPSA) is 19.9 Å². The minimum atomic E-state index is 0.0945. The van der Waals surface area contributed by atoms with Crippen LogP contribution >= 0.6 is 0 Å². The van der Waals surface area contributed by atoms with Crippen molar-refractivity contribution in [2.24, 2.45) is 0 Å². The van der Waals surface area contributed by atoms with E-state index in [0.29, 0.717) is 5.92 Å². The van der Waals surface area contributed by atoms with E-state index in [2.05, 4.69) is 13.8 Å². The van der Waals surface area contributed by atoms with Gasteiger partial charge in [0.25, 0.3) is 0 Å². The number of benzene rings is 1. The van der Waals surface area contributed by atoms with Crippen LogP contribution in [-0.4, -0.2) is 0 Å². The van der Waals surface area contributed by atoms with E-state index in [9.17, 15) is 5.11 Å². The van der Waals surface area contributed by atoms with E-state index >= 15 is 0 Å². The van der Waals surface area contributed by atoms with Gasteiger partial charge in [-0.05, 0) is 30.0 Å². The minimum absolute atomic E-state index is 0.0945. The second-order valence-corrected chi connectivity index (χ2v) is 2.88. The van der Waals surface area contributed by atoms with E-state index in [4.69, 9.17) is 0 Å². The van der Waals surface area contributed by atoms with Crippen LogP contribution in [0.2, 0.25) is 0 Å². The lowest BCUT2D eigenvalue weighted by atomic mass is 9.99. The second kappa shape index (κ2) is 3.42. The fraction of sp³-hybridized carbons (Fsp3) is 0.400. The van der Waals surface area contributed by atoms with Crippen LogP contribution in [0.25, 0.3) is 0 Å². The summed E-state index contributed by atoms with van der Waals surface area (Å²) in [6.45, 7) is 4.32. The largest absolute Gasteiger partial charge is 0.290 e. The molecule has 1 aromatic rings. The highest BCUT2D eigenvalue weighted by Crippen LogP contribution is 2.20. The zero-order valence-electron chi connectivity index (χ0n) is 7.00. The normalized spacial score (nSPS) is 12.9. The molecule has 0 bridgehead atoms. The predicted octanol–water partition coefficient (Wildman–Crippen LogP) is 3.34. The van der Waals surface area contributed by atoms with Crippen LogP contribution in [0.5, 0.6) is 5.75 Å². The maximum absolute atomic E-state index is 10.7. The summed E-state index contributed by atoms with van der Waals surface area (Å²) in [7, 11) is 0. The number of hydrogen-bond acceptors (Lipinski definition) is 0. The van der Waals surface area contributed by atoms with Crippen molar-refractivity contribution in [3.05, 3.63) is 29.8 Å². The van der Waals surface area contributed by atoms with Crippen molar-refractivity contribution < 1.29 is 5.11 Å². The maximum atomic E-state index is 10.7. The van der Waals surface area contributed by atoms with Crippen LogP contribution in [0.15, 0.2) is 24.3 Å². The minimum Gasteiger partial charge on any atom is -0.290 e. The van der Waals surface area contributed by atoms with Gasteiger partial charge in [-0.3, -0.25) is 5.11 Å². The van der Waals surface area contributed by atoms with Gasteiger partial charge >= 0.3 is 0 Å². The van der Waals surface area contributed by atoms with Gasteiger partial charge in [-0.2, -0.15) is 0 Å². The summed E-state index contributed by atoms with van der Waals surface area (Å²) < 4.78 is 0. The van der Waals surface area contributed by atoms with Crippen LogP contribution < -0.4 is 0 Å². The Balaban J connectivity index is 2.81. The Morgan fingerprint density at radius 2 is 1.82 bits per heavy atom. The molecule has 1 aromatic carbocycles. The van der Waals surface area contributed by atoms with Crippen molar-refractivity contribution in [1.82, 2.24) is 0 Å². The first-order valence-corrected chi connectivity index (χ1v) is 4.01. The number of rotatable bonds is 2. The Hall–Kier alpha value is -0.980. The molecule has 59 valence electrons. The molecule has 1 rings (SSSR count). The van der Waals surface area contributed by atoms with Gasteiger partial charge in [0, 0.05) is 0 Å². The number of hydrogen-bond donors (Lipinski definition) is 0. The smallest absolute Gasteiger partial charge is 0.178 e. The van der Waals surface area contributed by atoms with Crippen LogP contribution in [0.4, 0.5) is 0 Å². The van der Waals surface area contributed by atoms with Crippen molar-refractivity contribution in [3.63, 3.8) is 0 Å². The lowest BCUT2D eigenvalue weighted by molar-refractivity contribution is 0.354. The van der Waals surface area contributed by atoms with Crippen LogP contribution in [0.1, 0.15) is 31.7 Å². The van der Waals surface area contributed by atoms with Gasteiger partial charge in [0.05, 0.1) is 0 Å². The van der Waals surface area contributed by atoms with E-state index in [1.165, 1.54) is 5.56 Å². The van der Waals surface area contributed by atoms with Crippen molar-refractivity contribution >= 4 is 0 Å². The Kier molecular flexibility index (Phi) is 2.53. The van der Waals surface area contributed by atoms with E-state index in [-0.39, 0.29) is 5.75 Å². The third-order valence-corrected chi connectivity index (χ3v) is 2.06. The first kappa shape index (κ1) is 8.12. The van der Waals surface area contributed by atoms with E-state index < -0.39 is 0 Å². The van der Waals surface area contributed by atoms with E-state index in [1.54, 1.807) is 12.1 Å². The molecule has 0 spiro atoms. The first-order chi connectivity index (χ1) is 5.24. The SMILES string of the molecule is CCC(C)c1ccc([O])cc1. The molecule has 0 N–H and O–H groups in total. The molecular weight excluding hydrogens is 136 g/mol. The van der Waals surface area contributed by atoms with Gasteiger partial charge < -0.3 is 0 Å². The van der Waals surface area contributed by atoms with E-state index in [0.717, 1.165) is 6.42 Å². The van der Waals surface area contributed by atoms with Crippen LogP contribution in [0, 0.1) is 0 Å². The Labute approximate surface area is 67.7 Å². The molecule has 0 amide bonds. The molecule has 0 fully saturated rings. The molecule has 1 atom stereocenters. The zero-order valence-corrected chi connectivity index (χ0v) is 7.00. The molecule has 1 unspecified atom stereocenters. The second-order valence-electron chi connectivity index (χ2n) is 2.88. The summed E-state index contributed by atoms with van der Waals surface area (Å²) in [5.74, 6) is 0.660. The molecule has 0 saturated carbocycles. The third kappa shape index (κ3) is 1.97. The van der Waals surface area contributed by atoms with Crippen molar-refractivity contribution in [2.75, 3.05) is 0 Å². The molecule has 0 saturated heterocycles. The van der Waals surface area contributed by atoms with Gasteiger partial charge in [0.1, 0.15) is 0 Å². The van der Waals surface area contributed by atoms with Crippen molar-refractivity contribution in [3.8, 4) is 5.75 Å². The average Bonchev–Trinajstić information content (AvgIpc) is 2.05. The van der Waals surface area contributed by atoms with Crippen LogP contribution in [0.3, 0.4) is 0 Å². The van der Waals surface area contributed by atoms with Gasteiger partial charge in [0.15, 0.2) is 5.75 Å². The highest BCUT2D eigenvalue weighted by Gasteiger charge is 2.01. The maximum Gasteiger partial charge on any atom is 0.178 e. The summed E-state index contributed by atoms with van der Waals surface area (Å²) in [6, 6.07) is 7.08. The molecule has 0 aliphatic rings. The van der Waals surface area contributed by atoms with Gasteiger partial charge in [0.2, 0.25) is 0 Å². The third-order valence-electron chi connectivity index (χ3n) is 2.06. The quantitative estimate of drug-likeness (QED) is 0.614. The Morgan fingerprint density at radius 1 is 1.27 bits per heavy atom. The summed E-state index contributed by atoms with van der Waals surface area (Å²) in [5, 5.41) is 10.7. The molecule has 0 aliphatic heterocycles. The summed E-state index contributed by atoms with van der Waals surface area (Å²) >= 11 is 0. The van der Waals surface area contributed by atoms with Crippen LogP contribution in [-0.2, 0) is 5.11 Å². The fourth-order valence-electron chi connectivity index (χ4n) is 1.03. The molecule has 0 heterocycles. The van der Waals surface area contributed by atoms with Gasteiger partial charge in [-0.15, -0.1) is 0 Å². The van der Waals surface area contributed by atoms with E-state index in [1.807, 2.05) is 12.1 Å². The predicted molar refractivity (Wildman–Crippen MR) is 45.3 cm³/mol. The first-order valence-electron chi connectivity index (χ1n) is 4.01. The van der Waals surface area contributed by atoms with Crippen molar-refractivity contribution in [1.29, 1.82) is 0 Å². The summed E-state index contributed by atoms with van der Waals surface area (Å²) in [6.07, 6.45) is 1.12. The molecular formula is C10H13O. The molecule has 11 heavy (non-hydrogen) atoms. The summed E-state index contributed by atoms with van der Waals surface area (Å²) in [5.41, 5.74) is 1.26. The molecule has 0 aliphatic carbocycles. The fourth-order valence-corrected chi connectivity index (χ4v) is 1.03. The monoisotopic (exact) mass is 149 g/mol. The molecule has 0 aromatic heterocycles. The molecule has 1 radical (unpaired) electrons. The van der Waals surface area contributed by atoms with Gasteiger partial charge in [-0.25, -0.2) is 0 Å². The lowest BCUT2D eigenvalue weighted by Gasteiger charge is -2.07. The molecule has 1 heteroatoms.